The Bertz CT molecular complexity index is 683. The van der Waals surface area contributed by atoms with Crippen LogP contribution in [0.3, 0.4) is 0 Å². The fourth-order valence-corrected chi connectivity index (χ4v) is 1.76. The average Bonchev–Trinajstić information content (AvgIpc) is 2.40. The summed E-state index contributed by atoms with van der Waals surface area (Å²) in [5.41, 5.74) is -1.17. The van der Waals surface area contributed by atoms with Crippen LogP contribution in [0.5, 0.6) is 0 Å². The summed E-state index contributed by atoms with van der Waals surface area (Å²) in [5, 5.41) is 2.23. The minimum Gasteiger partial charge on any atom is -0.322 e. The minimum absolute atomic E-state index is 0.0376. The number of carbonyl (C=O) groups is 1. The van der Waals surface area contributed by atoms with Gasteiger partial charge in [0.2, 0.25) is 0 Å². The van der Waals surface area contributed by atoms with Crippen LogP contribution in [0, 0.1) is 12.7 Å². The topological polar surface area (TPSA) is 42.0 Å². The molecule has 110 valence electrons. The maximum atomic E-state index is 13.4. The number of carbonyl (C=O) groups excluding carboxylic acids is 1. The maximum absolute atomic E-state index is 13.4. The summed E-state index contributed by atoms with van der Waals surface area (Å²) in [6, 6.07) is 4.51. The van der Waals surface area contributed by atoms with E-state index in [0.717, 1.165) is 18.3 Å². The van der Waals surface area contributed by atoms with Gasteiger partial charge in [0.1, 0.15) is 0 Å². The van der Waals surface area contributed by atoms with Gasteiger partial charge in [0.15, 0.2) is 5.82 Å². The smallest absolute Gasteiger partial charge is 0.322 e. The molecule has 1 aromatic heterocycles. The first-order chi connectivity index (χ1) is 9.79. The Morgan fingerprint density at radius 3 is 2.57 bits per heavy atom. The lowest BCUT2D eigenvalue weighted by molar-refractivity contribution is -0.138. The quantitative estimate of drug-likeness (QED) is 0.857. The van der Waals surface area contributed by atoms with Crippen LogP contribution >= 0.6 is 0 Å². The first-order valence-corrected chi connectivity index (χ1v) is 5.88. The Morgan fingerprint density at radius 1 is 1.24 bits per heavy atom. The van der Waals surface area contributed by atoms with Gasteiger partial charge >= 0.3 is 6.18 Å². The van der Waals surface area contributed by atoms with Crippen LogP contribution in [0.2, 0.25) is 0 Å². The Hall–Kier alpha value is -2.44. The van der Waals surface area contributed by atoms with Crippen molar-refractivity contribution in [3.63, 3.8) is 0 Å². The number of hydrogen-bond donors (Lipinski definition) is 1. The van der Waals surface area contributed by atoms with Crippen LogP contribution in [0.25, 0.3) is 0 Å². The molecule has 0 atom stereocenters. The third kappa shape index (κ3) is 3.36. The molecule has 0 aliphatic carbocycles. The van der Waals surface area contributed by atoms with E-state index in [2.05, 4.69) is 10.3 Å². The van der Waals surface area contributed by atoms with Gasteiger partial charge in [-0.25, -0.2) is 4.39 Å². The minimum atomic E-state index is -4.52. The zero-order chi connectivity index (χ0) is 15.6. The van der Waals surface area contributed by atoms with Crippen molar-refractivity contribution in [2.75, 3.05) is 5.32 Å². The SMILES string of the molecule is Cc1ccc(NC(=O)c2ccncc2F)cc1C(F)(F)F. The maximum Gasteiger partial charge on any atom is 0.416 e. The fraction of sp³-hybridized carbons (Fsp3) is 0.143. The molecule has 7 heteroatoms. The van der Waals surface area contributed by atoms with E-state index in [0.29, 0.717) is 0 Å². The molecule has 2 rings (SSSR count). The Morgan fingerprint density at radius 2 is 1.95 bits per heavy atom. The van der Waals surface area contributed by atoms with Gasteiger partial charge in [0.25, 0.3) is 5.91 Å². The average molecular weight is 298 g/mol. The van der Waals surface area contributed by atoms with E-state index < -0.39 is 23.5 Å². The normalized spacial score (nSPS) is 11.3. The highest BCUT2D eigenvalue weighted by atomic mass is 19.4. The lowest BCUT2D eigenvalue weighted by Gasteiger charge is -2.13. The highest BCUT2D eigenvalue weighted by molar-refractivity contribution is 6.04. The number of nitrogens with one attached hydrogen (secondary N) is 1. The molecule has 1 amide bonds. The number of amides is 1. The molecular weight excluding hydrogens is 288 g/mol. The molecule has 0 aliphatic heterocycles. The summed E-state index contributed by atoms with van der Waals surface area (Å²) in [6.45, 7) is 1.32. The summed E-state index contributed by atoms with van der Waals surface area (Å²) in [4.78, 5) is 15.3. The third-order valence-corrected chi connectivity index (χ3v) is 2.82. The zero-order valence-corrected chi connectivity index (χ0v) is 10.8. The number of benzene rings is 1. The van der Waals surface area contributed by atoms with E-state index in [1.54, 1.807) is 0 Å². The van der Waals surface area contributed by atoms with Crippen LogP contribution in [0.4, 0.5) is 23.2 Å². The second kappa shape index (κ2) is 5.51. The van der Waals surface area contributed by atoms with E-state index in [-0.39, 0.29) is 16.8 Å². The molecule has 0 unspecified atom stereocenters. The van der Waals surface area contributed by atoms with Gasteiger partial charge in [-0.1, -0.05) is 6.07 Å². The fourth-order valence-electron chi connectivity index (χ4n) is 1.76. The number of anilines is 1. The number of pyridine rings is 1. The molecule has 0 aliphatic rings. The monoisotopic (exact) mass is 298 g/mol. The molecule has 0 spiro atoms. The lowest BCUT2D eigenvalue weighted by Crippen LogP contribution is -2.15. The van der Waals surface area contributed by atoms with E-state index >= 15 is 0 Å². The standard InChI is InChI=1S/C14H10F4N2O/c1-8-2-3-9(6-11(8)14(16,17)18)20-13(21)10-4-5-19-7-12(10)15/h2-7H,1H3,(H,20,21). The molecule has 2 aromatic rings. The molecule has 21 heavy (non-hydrogen) atoms. The first-order valence-electron chi connectivity index (χ1n) is 5.88. The largest absolute Gasteiger partial charge is 0.416 e. The van der Waals surface area contributed by atoms with E-state index in [1.165, 1.54) is 25.3 Å². The molecule has 0 bridgehead atoms. The summed E-state index contributed by atoms with van der Waals surface area (Å²) in [5.74, 6) is -1.69. The molecule has 1 N–H and O–H groups in total. The highest BCUT2D eigenvalue weighted by Crippen LogP contribution is 2.33. The lowest BCUT2D eigenvalue weighted by atomic mass is 10.1. The summed E-state index contributed by atoms with van der Waals surface area (Å²) in [7, 11) is 0. The summed E-state index contributed by atoms with van der Waals surface area (Å²) in [6.07, 6.45) is -2.45. The van der Waals surface area contributed by atoms with Crippen molar-refractivity contribution in [1.29, 1.82) is 0 Å². The summed E-state index contributed by atoms with van der Waals surface area (Å²) < 4.78 is 51.7. The molecule has 0 saturated carbocycles. The number of nitrogens with zero attached hydrogens (tertiary/aromatic N) is 1. The molecule has 0 saturated heterocycles. The van der Waals surface area contributed by atoms with Crippen molar-refractivity contribution in [1.82, 2.24) is 4.98 Å². The van der Waals surface area contributed by atoms with E-state index in [4.69, 9.17) is 0 Å². The highest BCUT2D eigenvalue weighted by Gasteiger charge is 2.32. The second-order valence-electron chi connectivity index (χ2n) is 4.34. The number of alkyl halides is 3. The molecule has 0 fully saturated rings. The Balaban J connectivity index is 2.29. The number of halogens is 4. The third-order valence-electron chi connectivity index (χ3n) is 2.82. The van der Waals surface area contributed by atoms with E-state index in [9.17, 15) is 22.4 Å². The van der Waals surface area contributed by atoms with Crippen molar-refractivity contribution in [3.8, 4) is 0 Å². The summed E-state index contributed by atoms with van der Waals surface area (Å²) >= 11 is 0. The van der Waals surface area contributed by atoms with Crippen LogP contribution in [-0.2, 0) is 6.18 Å². The number of aryl methyl sites for hydroxylation is 1. The number of rotatable bonds is 2. The van der Waals surface area contributed by atoms with Gasteiger partial charge in [0.05, 0.1) is 17.3 Å². The van der Waals surface area contributed by atoms with Crippen LogP contribution < -0.4 is 5.32 Å². The molecular formula is C14H10F4N2O. The van der Waals surface area contributed by atoms with Gasteiger partial charge in [0, 0.05) is 11.9 Å². The van der Waals surface area contributed by atoms with Crippen LogP contribution in [0.15, 0.2) is 36.7 Å². The molecule has 0 radical (unpaired) electrons. The first kappa shape index (κ1) is 15.0. The van der Waals surface area contributed by atoms with E-state index in [1.807, 2.05) is 0 Å². The predicted molar refractivity (Wildman–Crippen MR) is 68.3 cm³/mol. The Labute approximate surface area is 117 Å². The number of hydrogen-bond acceptors (Lipinski definition) is 2. The van der Waals surface area contributed by atoms with Crippen molar-refractivity contribution in [3.05, 3.63) is 59.2 Å². The van der Waals surface area contributed by atoms with Gasteiger partial charge < -0.3 is 5.32 Å². The zero-order valence-electron chi connectivity index (χ0n) is 10.8. The van der Waals surface area contributed by atoms with Crippen LogP contribution in [-0.4, -0.2) is 10.9 Å². The molecule has 1 heterocycles. The molecule has 1 aromatic carbocycles. The van der Waals surface area contributed by atoms with Crippen molar-refractivity contribution >= 4 is 11.6 Å². The van der Waals surface area contributed by atoms with Gasteiger partial charge in [-0.2, -0.15) is 13.2 Å². The van der Waals surface area contributed by atoms with Gasteiger partial charge in [-0.15, -0.1) is 0 Å². The van der Waals surface area contributed by atoms with Gasteiger partial charge in [-0.3, -0.25) is 9.78 Å². The molecule has 3 nitrogen and oxygen atoms in total. The van der Waals surface area contributed by atoms with Crippen molar-refractivity contribution in [2.45, 2.75) is 13.1 Å². The predicted octanol–water partition coefficient (Wildman–Crippen LogP) is 3.80. The van der Waals surface area contributed by atoms with Crippen LogP contribution in [0.1, 0.15) is 21.5 Å². The second-order valence-corrected chi connectivity index (χ2v) is 4.34. The van der Waals surface area contributed by atoms with Gasteiger partial charge in [-0.05, 0) is 30.7 Å². The van der Waals surface area contributed by atoms with Crippen molar-refractivity contribution < 1.29 is 22.4 Å². The number of aromatic nitrogens is 1. The Kier molecular flexibility index (Phi) is 3.93. The van der Waals surface area contributed by atoms with Crippen molar-refractivity contribution in [2.24, 2.45) is 0 Å².